The second-order valence-electron chi connectivity index (χ2n) is 14.6. The number of carbonyl (C=O) groups excluding carboxylic acids is 1. The monoisotopic (exact) mass is 677 g/mol. The number of fused-ring (bicyclic) bond motifs is 1. The van der Waals surface area contributed by atoms with Gasteiger partial charge in [-0.05, 0) is 87.2 Å². The third-order valence-electron chi connectivity index (χ3n) is 7.73. The average molecular weight is 678 g/mol. The number of ether oxygens (including phenoxy) is 2. The van der Waals surface area contributed by atoms with E-state index in [0.717, 1.165) is 18.4 Å². The van der Waals surface area contributed by atoms with Crippen LogP contribution in [0.2, 0.25) is 0 Å². The number of amides is 1. The Kier molecular flexibility index (Phi) is 9.96. The van der Waals surface area contributed by atoms with E-state index in [2.05, 4.69) is 15.3 Å². The van der Waals surface area contributed by atoms with Crippen LogP contribution in [0.3, 0.4) is 0 Å². The van der Waals surface area contributed by atoms with Gasteiger partial charge in [0.1, 0.15) is 17.2 Å². The van der Waals surface area contributed by atoms with Gasteiger partial charge in [0, 0.05) is 42.5 Å². The van der Waals surface area contributed by atoms with E-state index in [1.54, 1.807) is 47.6 Å². The highest BCUT2D eigenvalue weighted by Gasteiger charge is 2.29. The van der Waals surface area contributed by atoms with Crippen molar-refractivity contribution in [2.24, 2.45) is 5.41 Å². The molecule has 5 rings (SSSR count). The standard InChI is InChI=1S/C36H44FN5O5S/c1-23-12-13-25-26(14-15-29(37)28(25)21-48(44,45)22-35(2,3)4)31(23)46-32-27(11-8-17-38-32)30-16-18-39-33(41-30)40-24-10-9-19-42(20-24)34(43)47-36(5,6)7/h8,11-18,24H,9-10,19-22H2,1-7H3,(H,39,40,41)/t24-/m0/s1. The fourth-order valence-corrected chi connectivity index (χ4v) is 8.00. The Morgan fingerprint density at radius 2 is 1.77 bits per heavy atom. The maximum Gasteiger partial charge on any atom is 0.410 e. The lowest BCUT2D eigenvalue weighted by Crippen LogP contribution is -2.47. The number of benzene rings is 2. The summed E-state index contributed by atoms with van der Waals surface area (Å²) in [5.74, 6) is 0.0492. The fourth-order valence-electron chi connectivity index (χ4n) is 5.85. The summed E-state index contributed by atoms with van der Waals surface area (Å²) in [4.78, 5) is 28.1. The molecule has 1 N–H and O–H groups in total. The highest BCUT2D eigenvalue weighted by molar-refractivity contribution is 7.90. The normalized spacial score (nSPS) is 15.8. The SMILES string of the molecule is Cc1ccc2c(CS(=O)(=O)CC(C)(C)C)c(F)ccc2c1Oc1ncccc1-c1ccnc(N[C@H]2CCCN(C(=O)OC(C)(C)C)C2)n1. The van der Waals surface area contributed by atoms with Crippen LogP contribution in [0.4, 0.5) is 15.1 Å². The van der Waals surface area contributed by atoms with Crippen molar-refractivity contribution in [2.75, 3.05) is 24.2 Å². The van der Waals surface area contributed by atoms with Crippen LogP contribution < -0.4 is 10.1 Å². The number of hydrogen-bond acceptors (Lipinski definition) is 9. The average Bonchev–Trinajstić information content (AvgIpc) is 2.98. The molecule has 10 nitrogen and oxygen atoms in total. The van der Waals surface area contributed by atoms with Gasteiger partial charge in [-0.3, -0.25) is 0 Å². The van der Waals surface area contributed by atoms with Gasteiger partial charge in [-0.1, -0.05) is 32.9 Å². The van der Waals surface area contributed by atoms with E-state index in [-0.39, 0.29) is 29.3 Å². The molecule has 0 radical (unpaired) electrons. The van der Waals surface area contributed by atoms with Crippen LogP contribution in [-0.4, -0.2) is 64.8 Å². The van der Waals surface area contributed by atoms with E-state index in [1.807, 2.05) is 54.5 Å². The third-order valence-corrected chi connectivity index (χ3v) is 9.76. The Morgan fingerprint density at radius 3 is 2.50 bits per heavy atom. The molecule has 0 bridgehead atoms. The van der Waals surface area contributed by atoms with Crippen LogP contribution in [0.5, 0.6) is 11.6 Å². The van der Waals surface area contributed by atoms with Crippen LogP contribution in [0.1, 0.15) is 65.5 Å². The summed E-state index contributed by atoms with van der Waals surface area (Å²) in [5, 5.41) is 4.41. The first kappa shape index (κ1) is 35.0. The number of piperidine rings is 1. The van der Waals surface area contributed by atoms with Crippen LogP contribution in [-0.2, 0) is 20.3 Å². The molecule has 48 heavy (non-hydrogen) atoms. The van der Waals surface area contributed by atoms with Crippen molar-refractivity contribution >= 4 is 32.7 Å². The quantitative estimate of drug-likeness (QED) is 0.200. The van der Waals surface area contributed by atoms with E-state index < -0.39 is 32.4 Å². The van der Waals surface area contributed by atoms with Crippen LogP contribution in [0, 0.1) is 18.2 Å². The number of halogens is 1. The number of carbonyl (C=O) groups is 1. The molecule has 0 saturated carbocycles. The number of aromatic nitrogens is 3. The van der Waals surface area contributed by atoms with Gasteiger partial charge in [0.15, 0.2) is 9.84 Å². The smallest absolute Gasteiger partial charge is 0.410 e. The third kappa shape index (κ3) is 8.77. The topological polar surface area (TPSA) is 124 Å². The minimum absolute atomic E-state index is 0.0636. The highest BCUT2D eigenvalue weighted by atomic mass is 32.2. The Labute approximate surface area is 282 Å². The van der Waals surface area contributed by atoms with Crippen LogP contribution >= 0.6 is 0 Å². The van der Waals surface area contributed by atoms with Gasteiger partial charge in [0.25, 0.3) is 0 Å². The van der Waals surface area contributed by atoms with Gasteiger partial charge in [-0.15, -0.1) is 0 Å². The van der Waals surface area contributed by atoms with Crippen LogP contribution in [0.25, 0.3) is 22.0 Å². The molecule has 2 aromatic heterocycles. The van der Waals surface area contributed by atoms with Gasteiger partial charge in [0.2, 0.25) is 11.8 Å². The molecule has 1 atom stereocenters. The second kappa shape index (κ2) is 13.7. The second-order valence-corrected chi connectivity index (χ2v) is 16.6. The highest BCUT2D eigenvalue weighted by Crippen LogP contribution is 2.39. The molecular formula is C36H44FN5O5S. The van der Waals surface area contributed by atoms with Crippen molar-refractivity contribution in [1.29, 1.82) is 0 Å². The summed E-state index contributed by atoms with van der Waals surface area (Å²) in [5.41, 5.74) is 1.01. The number of nitrogens with zero attached hydrogens (tertiary/aromatic N) is 4. The summed E-state index contributed by atoms with van der Waals surface area (Å²) >= 11 is 0. The number of nitrogens with one attached hydrogen (secondary N) is 1. The molecular weight excluding hydrogens is 633 g/mol. The van der Waals surface area contributed by atoms with Crippen molar-refractivity contribution < 1.29 is 27.1 Å². The Balaban J connectivity index is 1.42. The predicted octanol–water partition coefficient (Wildman–Crippen LogP) is 7.70. The molecule has 0 unspecified atom stereocenters. The number of aryl methyl sites for hydroxylation is 1. The van der Waals surface area contributed by atoms with Gasteiger partial charge in [0.05, 0.1) is 22.8 Å². The molecule has 4 aromatic rings. The van der Waals surface area contributed by atoms with Crippen molar-refractivity contribution in [2.45, 2.75) is 78.7 Å². The van der Waals surface area contributed by atoms with Crippen molar-refractivity contribution in [3.8, 4) is 22.9 Å². The van der Waals surface area contributed by atoms with E-state index in [1.165, 1.54) is 6.07 Å². The van der Waals surface area contributed by atoms with E-state index >= 15 is 4.39 Å². The number of likely N-dealkylation sites (tertiary alicyclic amines) is 1. The Hall–Kier alpha value is -4.32. The first-order valence-electron chi connectivity index (χ1n) is 16.1. The molecule has 12 heteroatoms. The van der Waals surface area contributed by atoms with Gasteiger partial charge in [-0.25, -0.2) is 32.6 Å². The molecule has 1 fully saturated rings. The molecule has 1 amide bonds. The number of hydrogen-bond donors (Lipinski definition) is 1. The molecule has 1 aliphatic rings. The molecule has 3 heterocycles. The summed E-state index contributed by atoms with van der Waals surface area (Å²) in [6.45, 7) is 14.0. The maximum absolute atomic E-state index is 15.2. The minimum Gasteiger partial charge on any atom is -0.444 e. The fraction of sp³-hybridized carbons (Fsp3) is 0.444. The predicted molar refractivity (Wildman–Crippen MR) is 185 cm³/mol. The zero-order chi connectivity index (χ0) is 34.9. The van der Waals surface area contributed by atoms with E-state index in [0.29, 0.717) is 46.8 Å². The Morgan fingerprint density at radius 1 is 1.02 bits per heavy atom. The zero-order valence-electron chi connectivity index (χ0n) is 28.6. The lowest BCUT2D eigenvalue weighted by Gasteiger charge is -2.34. The molecule has 1 saturated heterocycles. The number of pyridine rings is 1. The first-order valence-corrected chi connectivity index (χ1v) is 17.9. The van der Waals surface area contributed by atoms with Crippen molar-refractivity contribution in [3.63, 3.8) is 0 Å². The lowest BCUT2D eigenvalue weighted by atomic mass is 10.0. The minimum atomic E-state index is -3.60. The summed E-state index contributed by atoms with van der Waals surface area (Å²) < 4.78 is 53.3. The lowest BCUT2D eigenvalue weighted by molar-refractivity contribution is 0.0206. The molecule has 2 aromatic carbocycles. The van der Waals surface area contributed by atoms with Gasteiger partial charge in [-0.2, -0.15) is 0 Å². The molecule has 0 aliphatic carbocycles. The maximum atomic E-state index is 15.2. The van der Waals surface area contributed by atoms with Crippen LogP contribution in [0.15, 0.2) is 54.9 Å². The molecule has 256 valence electrons. The molecule has 0 spiro atoms. The number of rotatable bonds is 8. The zero-order valence-corrected chi connectivity index (χ0v) is 29.4. The first-order chi connectivity index (χ1) is 22.5. The summed E-state index contributed by atoms with van der Waals surface area (Å²) in [6, 6.07) is 11.7. The largest absolute Gasteiger partial charge is 0.444 e. The number of sulfone groups is 1. The van der Waals surface area contributed by atoms with E-state index in [4.69, 9.17) is 14.5 Å². The van der Waals surface area contributed by atoms with Gasteiger partial charge >= 0.3 is 6.09 Å². The Bertz CT molecular complexity index is 1920. The molecule has 1 aliphatic heterocycles. The van der Waals surface area contributed by atoms with Crippen molar-refractivity contribution in [1.82, 2.24) is 19.9 Å². The van der Waals surface area contributed by atoms with Gasteiger partial charge < -0.3 is 19.7 Å². The number of anilines is 1. The van der Waals surface area contributed by atoms with E-state index in [9.17, 15) is 13.2 Å². The van der Waals surface area contributed by atoms with Crippen molar-refractivity contribution in [3.05, 3.63) is 71.8 Å². The summed E-state index contributed by atoms with van der Waals surface area (Å²) in [6.07, 6.45) is 4.57. The summed E-state index contributed by atoms with van der Waals surface area (Å²) in [7, 11) is -3.60.